The van der Waals surface area contributed by atoms with E-state index in [1.54, 1.807) is 11.3 Å². The topological polar surface area (TPSA) is 34.2 Å². The molecule has 0 saturated heterocycles. The molecule has 2 heterocycles. The molecule has 4 heteroatoms. The molecule has 0 fully saturated rings. The van der Waals surface area contributed by atoms with Crippen LogP contribution in [-0.4, -0.2) is 11.5 Å². The van der Waals surface area contributed by atoms with Gasteiger partial charge in [-0.25, -0.2) is 4.98 Å². The maximum Gasteiger partial charge on any atom is 0.221 e. The standard InChI is InChI=1S/C17H18N2OS/c1-2-18-10-13-11-19-17(16-8-4-3-7-15(13)16)20-12-14-6-5-9-21-14/h3-9,11,18H,2,10,12H2,1H3. The Morgan fingerprint density at radius 1 is 1.14 bits per heavy atom. The number of nitrogens with one attached hydrogen (secondary N) is 1. The van der Waals surface area contributed by atoms with E-state index < -0.39 is 0 Å². The Bertz CT molecular complexity index is 710. The second-order valence-corrected chi connectivity index (χ2v) is 5.81. The van der Waals surface area contributed by atoms with Gasteiger partial charge >= 0.3 is 0 Å². The van der Waals surface area contributed by atoms with Crippen molar-refractivity contribution in [1.29, 1.82) is 0 Å². The van der Waals surface area contributed by atoms with Gasteiger partial charge in [-0.1, -0.05) is 31.2 Å². The lowest BCUT2D eigenvalue weighted by atomic mass is 10.1. The van der Waals surface area contributed by atoms with Gasteiger partial charge in [-0.05, 0) is 35.0 Å². The first-order valence-corrected chi connectivity index (χ1v) is 7.99. The van der Waals surface area contributed by atoms with E-state index >= 15 is 0 Å². The third-order valence-corrected chi connectivity index (χ3v) is 4.19. The molecule has 1 aromatic carbocycles. The number of benzene rings is 1. The minimum absolute atomic E-state index is 0.571. The van der Waals surface area contributed by atoms with E-state index in [4.69, 9.17) is 4.74 Å². The van der Waals surface area contributed by atoms with Crippen molar-refractivity contribution in [2.45, 2.75) is 20.1 Å². The van der Waals surface area contributed by atoms with E-state index in [0.29, 0.717) is 12.5 Å². The SMILES string of the molecule is CCNCc1cnc(OCc2cccs2)c2ccccc12. The van der Waals surface area contributed by atoms with Crippen molar-refractivity contribution in [3.63, 3.8) is 0 Å². The maximum atomic E-state index is 5.90. The summed E-state index contributed by atoms with van der Waals surface area (Å²) in [7, 11) is 0. The van der Waals surface area contributed by atoms with Gasteiger partial charge in [0.2, 0.25) is 5.88 Å². The predicted octanol–water partition coefficient (Wildman–Crippen LogP) is 3.98. The minimum Gasteiger partial charge on any atom is -0.471 e. The molecule has 3 aromatic rings. The van der Waals surface area contributed by atoms with Crippen LogP contribution < -0.4 is 10.1 Å². The molecule has 0 amide bonds. The van der Waals surface area contributed by atoms with Gasteiger partial charge in [0.1, 0.15) is 6.61 Å². The molecule has 1 N–H and O–H groups in total. The molecular weight excluding hydrogens is 280 g/mol. The maximum absolute atomic E-state index is 5.90. The van der Waals surface area contributed by atoms with E-state index in [2.05, 4.69) is 46.9 Å². The summed E-state index contributed by atoms with van der Waals surface area (Å²) in [5.74, 6) is 0.708. The lowest BCUT2D eigenvalue weighted by Crippen LogP contribution is -2.12. The highest BCUT2D eigenvalue weighted by atomic mass is 32.1. The summed E-state index contributed by atoms with van der Waals surface area (Å²) in [6.07, 6.45) is 1.91. The summed E-state index contributed by atoms with van der Waals surface area (Å²) in [5, 5.41) is 7.69. The monoisotopic (exact) mass is 298 g/mol. The molecule has 0 saturated carbocycles. The molecule has 2 aromatic heterocycles. The fourth-order valence-corrected chi connectivity index (χ4v) is 2.89. The van der Waals surface area contributed by atoms with Crippen molar-refractivity contribution in [2.75, 3.05) is 6.54 Å². The Morgan fingerprint density at radius 2 is 2.00 bits per heavy atom. The molecule has 108 valence electrons. The van der Waals surface area contributed by atoms with Crippen LogP contribution >= 0.6 is 11.3 Å². The highest BCUT2D eigenvalue weighted by Crippen LogP contribution is 2.27. The Labute approximate surface area is 128 Å². The van der Waals surface area contributed by atoms with E-state index in [1.165, 1.54) is 15.8 Å². The Balaban J connectivity index is 1.89. The molecule has 0 aliphatic rings. The van der Waals surface area contributed by atoms with Crippen LogP contribution in [0, 0.1) is 0 Å². The molecule has 3 nitrogen and oxygen atoms in total. The molecule has 0 atom stereocenters. The second-order valence-electron chi connectivity index (χ2n) is 4.78. The van der Waals surface area contributed by atoms with Gasteiger partial charge in [0.25, 0.3) is 0 Å². The zero-order valence-electron chi connectivity index (χ0n) is 12.0. The Morgan fingerprint density at radius 3 is 2.76 bits per heavy atom. The summed E-state index contributed by atoms with van der Waals surface area (Å²) in [6.45, 7) is 4.45. The number of aromatic nitrogens is 1. The van der Waals surface area contributed by atoms with Gasteiger partial charge in [0, 0.05) is 23.0 Å². The number of rotatable bonds is 6. The fourth-order valence-electron chi connectivity index (χ4n) is 2.28. The van der Waals surface area contributed by atoms with Crippen molar-refractivity contribution in [3.8, 4) is 5.88 Å². The highest BCUT2D eigenvalue weighted by Gasteiger charge is 2.08. The number of ether oxygens (including phenoxy) is 1. The first-order chi connectivity index (χ1) is 10.4. The third-order valence-electron chi connectivity index (χ3n) is 3.34. The molecule has 0 spiro atoms. The van der Waals surface area contributed by atoms with Crippen LogP contribution in [0.2, 0.25) is 0 Å². The largest absolute Gasteiger partial charge is 0.471 e. The number of thiophene rings is 1. The first-order valence-electron chi connectivity index (χ1n) is 7.11. The van der Waals surface area contributed by atoms with Gasteiger partial charge in [-0.15, -0.1) is 11.3 Å². The first kappa shape index (κ1) is 14.0. The number of pyridine rings is 1. The van der Waals surface area contributed by atoms with Gasteiger partial charge in [-0.2, -0.15) is 0 Å². The average Bonchev–Trinajstić information content (AvgIpc) is 3.04. The summed E-state index contributed by atoms with van der Waals surface area (Å²) >= 11 is 1.70. The lowest BCUT2D eigenvalue weighted by Gasteiger charge is -2.11. The van der Waals surface area contributed by atoms with Crippen molar-refractivity contribution < 1.29 is 4.74 Å². The van der Waals surface area contributed by atoms with Crippen LogP contribution in [0.4, 0.5) is 0 Å². The van der Waals surface area contributed by atoms with Crippen LogP contribution in [0.5, 0.6) is 5.88 Å². The van der Waals surface area contributed by atoms with E-state index in [9.17, 15) is 0 Å². The molecule has 21 heavy (non-hydrogen) atoms. The van der Waals surface area contributed by atoms with E-state index in [0.717, 1.165) is 18.5 Å². The molecule has 0 aliphatic heterocycles. The third kappa shape index (κ3) is 3.23. The lowest BCUT2D eigenvalue weighted by molar-refractivity contribution is 0.301. The average molecular weight is 298 g/mol. The van der Waals surface area contributed by atoms with Crippen LogP contribution in [-0.2, 0) is 13.2 Å². The van der Waals surface area contributed by atoms with Crippen LogP contribution in [0.1, 0.15) is 17.4 Å². The Kier molecular flexibility index (Phi) is 4.48. The van der Waals surface area contributed by atoms with Gasteiger partial charge in [0.05, 0.1) is 0 Å². The zero-order chi connectivity index (χ0) is 14.5. The van der Waals surface area contributed by atoms with Gasteiger partial charge < -0.3 is 10.1 Å². The predicted molar refractivity (Wildman–Crippen MR) is 87.8 cm³/mol. The molecular formula is C17H18N2OS. The van der Waals surface area contributed by atoms with Gasteiger partial charge in [-0.3, -0.25) is 0 Å². The normalized spacial score (nSPS) is 10.9. The molecule has 0 unspecified atom stereocenters. The number of fused-ring (bicyclic) bond motifs is 1. The number of hydrogen-bond acceptors (Lipinski definition) is 4. The van der Waals surface area contributed by atoms with Crippen LogP contribution in [0.3, 0.4) is 0 Å². The van der Waals surface area contributed by atoms with Gasteiger partial charge in [0.15, 0.2) is 0 Å². The quantitative estimate of drug-likeness (QED) is 0.747. The minimum atomic E-state index is 0.571. The Hall–Kier alpha value is -1.91. The number of hydrogen-bond donors (Lipinski definition) is 1. The van der Waals surface area contributed by atoms with Crippen molar-refractivity contribution in [2.24, 2.45) is 0 Å². The number of nitrogens with zero attached hydrogens (tertiary/aromatic N) is 1. The molecule has 0 bridgehead atoms. The van der Waals surface area contributed by atoms with Crippen LogP contribution in [0.15, 0.2) is 48.0 Å². The second kappa shape index (κ2) is 6.70. The summed E-state index contributed by atoms with van der Waals surface area (Å²) < 4.78 is 5.90. The molecule has 3 rings (SSSR count). The fraction of sp³-hybridized carbons (Fsp3) is 0.235. The molecule has 0 aliphatic carbocycles. The summed E-state index contributed by atoms with van der Waals surface area (Å²) in [6, 6.07) is 12.4. The van der Waals surface area contributed by atoms with Crippen molar-refractivity contribution >= 4 is 22.1 Å². The van der Waals surface area contributed by atoms with E-state index in [-0.39, 0.29) is 0 Å². The molecule has 0 radical (unpaired) electrons. The van der Waals surface area contributed by atoms with Crippen LogP contribution in [0.25, 0.3) is 10.8 Å². The summed E-state index contributed by atoms with van der Waals surface area (Å²) in [5.41, 5.74) is 1.20. The van der Waals surface area contributed by atoms with Crippen molar-refractivity contribution in [3.05, 3.63) is 58.4 Å². The van der Waals surface area contributed by atoms with Crippen molar-refractivity contribution in [1.82, 2.24) is 10.3 Å². The smallest absolute Gasteiger partial charge is 0.221 e. The summed E-state index contributed by atoms with van der Waals surface area (Å²) in [4.78, 5) is 5.71. The van der Waals surface area contributed by atoms with E-state index in [1.807, 2.05) is 18.3 Å². The zero-order valence-corrected chi connectivity index (χ0v) is 12.8. The highest BCUT2D eigenvalue weighted by molar-refractivity contribution is 7.09.